The van der Waals surface area contributed by atoms with E-state index >= 15 is 0 Å². The number of H-pyrrole nitrogens is 1. The first kappa shape index (κ1) is 10.3. The van der Waals surface area contributed by atoms with Crippen LogP contribution < -0.4 is 5.32 Å². The van der Waals surface area contributed by atoms with Crippen molar-refractivity contribution in [3.8, 4) is 0 Å². The number of hydrogen-bond acceptors (Lipinski definition) is 1. The molecule has 0 amide bonds. The SMILES string of the molecule is Fc1ccc2[nH]c(C3CCCN3)c(Br)c2c1. The predicted molar refractivity (Wildman–Crippen MR) is 65.9 cm³/mol. The lowest BCUT2D eigenvalue weighted by atomic mass is 10.1. The van der Waals surface area contributed by atoms with Crippen LogP contribution in [0, 0.1) is 5.82 Å². The molecule has 1 unspecified atom stereocenters. The fraction of sp³-hybridized carbons (Fsp3) is 0.333. The van der Waals surface area contributed by atoms with Gasteiger partial charge < -0.3 is 10.3 Å². The minimum atomic E-state index is -0.196. The van der Waals surface area contributed by atoms with Crippen LogP contribution in [0.15, 0.2) is 22.7 Å². The number of nitrogens with one attached hydrogen (secondary N) is 2. The van der Waals surface area contributed by atoms with E-state index in [9.17, 15) is 4.39 Å². The number of hydrogen-bond donors (Lipinski definition) is 2. The molecule has 16 heavy (non-hydrogen) atoms. The van der Waals surface area contributed by atoms with Gasteiger partial charge in [-0.3, -0.25) is 0 Å². The third kappa shape index (κ3) is 1.57. The topological polar surface area (TPSA) is 27.8 Å². The third-order valence-corrected chi connectivity index (χ3v) is 3.99. The Balaban J connectivity index is 2.15. The van der Waals surface area contributed by atoms with E-state index in [-0.39, 0.29) is 5.82 Å². The number of benzene rings is 1. The van der Waals surface area contributed by atoms with E-state index in [2.05, 4.69) is 26.2 Å². The molecule has 3 rings (SSSR count). The fourth-order valence-electron chi connectivity index (χ4n) is 2.32. The summed E-state index contributed by atoms with van der Waals surface area (Å²) in [6.07, 6.45) is 2.33. The highest BCUT2D eigenvalue weighted by Crippen LogP contribution is 2.34. The summed E-state index contributed by atoms with van der Waals surface area (Å²) in [4.78, 5) is 3.36. The molecule has 84 valence electrons. The molecule has 1 fully saturated rings. The van der Waals surface area contributed by atoms with Gasteiger partial charge in [0.1, 0.15) is 5.82 Å². The Kier molecular flexibility index (Phi) is 2.48. The molecule has 2 nitrogen and oxygen atoms in total. The van der Waals surface area contributed by atoms with Crippen LogP contribution in [0.2, 0.25) is 0 Å². The van der Waals surface area contributed by atoms with Gasteiger partial charge >= 0.3 is 0 Å². The molecule has 0 saturated carbocycles. The monoisotopic (exact) mass is 282 g/mol. The maximum atomic E-state index is 13.2. The summed E-state index contributed by atoms with van der Waals surface area (Å²) in [5, 5.41) is 4.35. The number of aromatic nitrogens is 1. The second-order valence-electron chi connectivity index (χ2n) is 4.19. The Morgan fingerprint density at radius 3 is 3.00 bits per heavy atom. The van der Waals surface area contributed by atoms with Crippen molar-refractivity contribution in [3.63, 3.8) is 0 Å². The van der Waals surface area contributed by atoms with Crippen molar-refractivity contribution >= 4 is 26.8 Å². The standard InChI is InChI=1S/C12H12BrFN2/c13-11-8-6-7(14)3-4-9(8)16-12(11)10-2-1-5-15-10/h3-4,6,10,15-16H,1-2,5H2. The van der Waals surface area contributed by atoms with Gasteiger partial charge in [-0.05, 0) is 53.5 Å². The second kappa shape index (κ2) is 3.86. The van der Waals surface area contributed by atoms with Gasteiger partial charge in [0.25, 0.3) is 0 Å². The Hall–Kier alpha value is -0.870. The van der Waals surface area contributed by atoms with Crippen molar-refractivity contribution in [3.05, 3.63) is 34.2 Å². The van der Waals surface area contributed by atoms with E-state index in [1.807, 2.05) is 0 Å². The van der Waals surface area contributed by atoms with E-state index in [4.69, 9.17) is 0 Å². The molecular formula is C12H12BrFN2. The smallest absolute Gasteiger partial charge is 0.123 e. The van der Waals surface area contributed by atoms with Gasteiger partial charge in [-0.25, -0.2) is 4.39 Å². The first-order valence-electron chi connectivity index (χ1n) is 5.46. The summed E-state index contributed by atoms with van der Waals surface area (Å²) < 4.78 is 14.1. The number of fused-ring (bicyclic) bond motifs is 1. The molecule has 1 aromatic heterocycles. The first-order chi connectivity index (χ1) is 7.75. The largest absolute Gasteiger partial charge is 0.356 e. The van der Waals surface area contributed by atoms with Crippen LogP contribution >= 0.6 is 15.9 Å². The zero-order chi connectivity index (χ0) is 11.1. The normalized spacial score (nSPS) is 20.8. The van der Waals surface area contributed by atoms with Gasteiger partial charge in [0.2, 0.25) is 0 Å². The van der Waals surface area contributed by atoms with Gasteiger partial charge in [-0.2, -0.15) is 0 Å². The molecular weight excluding hydrogens is 271 g/mol. The molecule has 2 aromatic rings. The number of rotatable bonds is 1. The van der Waals surface area contributed by atoms with E-state index in [1.165, 1.54) is 12.5 Å². The van der Waals surface area contributed by atoms with Crippen molar-refractivity contribution in [1.29, 1.82) is 0 Å². The zero-order valence-corrected chi connectivity index (χ0v) is 10.3. The average molecular weight is 283 g/mol. The van der Waals surface area contributed by atoms with Gasteiger partial charge in [-0.15, -0.1) is 0 Å². The van der Waals surface area contributed by atoms with E-state index < -0.39 is 0 Å². The number of aromatic amines is 1. The Bertz CT molecular complexity index is 529. The fourth-order valence-corrected chi connectivity index (χ4v) is 3.03. The van der Waals surface area contributed by atoms with Crippen molar-refractivity contribution in [1.82, 2.24) is 10.3 Å². The van der Waals surface area contributed by atoms with Gasteiger partial charge in [0, 0.05) is 27.1 Å². The van der Waals surface area contributed by atoms with Crippen molar-refractivity contribution in [2.75, 3.05) is 6.54 Å². The molecule has 0 aliphatic carbocycles. The van der Waals surface area contributed by atoms with Crippen molar-refractivity contribution in [2.24, 2.45) is 0 Å². The second-order valence-corrected chi connectivity index (χ2v) is 4.98. The predicted octanol–water partition coefficient (Wildman–Crippen LogP) is 3.49. The Morgan fingerprint density at radius 2 is 2.25 bits per heavy atom. The minimum absolute atomic E-state index is 0.196. The molecule has 0 radical (unpaired) electrons. The summed E-state index contributed by atoms with van der Waals surface area (Å²) in [6, 6.07) is 5.20. The molecule has 0 bridgehead atoms. The molecule has 1 aliphatic rings. The van der Waals surface area contributed by atoms with Crippen molar-refractivity contribution < 1.29 is 4.39 Å². The van der Waals surface area contributed by atoms with Crippen LogP contribution in [0.3, 0.4) is 0 Å². The van der Waals surface area contributed by atoms with Crippen LogP contribution in [0.5, 0.6) is 0 Å². The Morgan fingerprint density at radius 1 is 1.38 bits per heavy atom. The molecule has 2 heterocycles. The van der Waals surface area contributed by atoms with Crippen LogP contribution in [0.4, 0.5) is 4.39 Å². The maximum Gasteiger partial charge on any atom is 0.123 e. The van der Waals surface area contributed by atoms with E-state index in [1.54, 1.807) is 12.1 Å². The third-order valence-electron chi connectivity index (χ3n) is 3.13. The maximum absolute atomic E-state index is 13.2. The summed E-state index contributed by atoms with van der Waals surface area (Å²) in [5.74, 6) is -0.196. The van der Waals surface area contributed by atoms with E-state index in [0.717, 1.165) is 34.0 Å². The lowest BCUT2D eigenvalue weighted by Gasteiger charge is -2.08. The highest BCUT2D eigenvalue weighted by molar-refractivity contribution is 9.10. The summed E-state index contributed by atoms with van der Waals surface area (Å²) in [7, 11) is 0. The van der Waals surface area contributed by atoms with Crippen LogP contribution in [-0.4, -0.2) is 11.5 Å². The molecule has 4 heteroatoms. The minimum Gasteiger partial charge on any atom is -0.356 e. The van der Waals surface area contributed by atoms with Crippen LogP contribution in [0.25, 0.3) is 10.9 Å². The van der Waals surface area contributed by atoms with Gasteiger partial charge in [0.05, 0.1) is 0 Å². The Labute approximate surface area is 101 Å². The summed E-state index contributed by atoms with van der Waals surface area (Å²) in [5.41, 5.74) is 2.12. The molecule has 1 aliphatic heterocycles. The quantitative estimate of drug-likeness (QED) is 0.823. The van der Waals surface area contributed by atoms with Gasteiger partial charge in [0.15, 0.2) is 0 Å². The summed E-state index contributed by atoms with van der Waals surface area (Å²) in [6.45, 7) is 1.06. The van der Waals surface area contributed by atoms with Crippen molar-refractivity contribution in [2.45, 2.75) is 18.9 Å². The van der Waals surface area contributed by atoms with Crippen LogP contribution in [0.1, 0.15) is 24.6 Å². The lowest BCUT2D eigenvalue weighted by molar-refractivity contribution is 0.629. The average Bonchev–Trinajstić information content (AvgIpc) is 2.87. The molecule has 1 aromatic carbocycles. The number of halogens is 2. The molecule has 1 saturated heterocycles. The van der Waals surface area contributed by atoms with Crippen LogP contribution in [-0.2, 0) is 0 Å². The molecule has 2 N–H and O–H groups in total. The highest BCUT2D eigenvalue weighted by Gasteiger charge is 2.21. The summed E-state index contributed by atoms with van der Waals surface area (Å²) >= 11 is 3.56. The molecule has 1 atom stereocenters. The molecule has 0 spiro atoms. The van der Waals surface area contributed by atoms with E-state index in [0.29, 0.717) is 6.04 Å². The zero-order valence-electron chi connectivity index (χ0n) is 8.69. The first-order valence-corrected chi connectivity index (χ1v) is 6.25. The van der Waals surface area contributed by atoms with Gasteiger partial charge in [-0.1, -0.05) is 0 Å². The lowest BCUT2D eigenvalue weighted by Crippen LogP contribution is -2.13. The highest BCUT2D eigenvalue weighted by atomic mass is 79.9.